The van der Waals surface area contributed by atoms with Crippen LogP contribution in [0.5, 0.6) is 0 Å². The highest BCUT2D eigenvalue weighted by Gasteiger charge is 2.38. The average Bonchev–Trinajstić information content (AvgIpc) is 2.76. The van der Waals surface area contributed by atoms with Crippen LogP contribution < -0.4 is 0 Å². The number of methoxy groups -OCH3 is 1. The van der Waals surface area contributed by atoms with E-state index in [-0.39, 0.29) is 5.97 Å². The van der Waals surface area contributed by atoms with Crippen LogP contribution in [0.25, 0.3) is 0 Å². The highest BCUT2D eigenvalue weighted by Crippen LogP contribution is 2.46. The molecule has 2 nitrogen and oxygen atoms in total. The van der Waals surface area contributed by atoms with Gasteiger partial charge in [0, 0.05) is 5.57 Å². The Kier molecular flexibility index (Phi) is 1.98. The lowest BCUT2D eigenvalue weighted by atomic mass is 9.87. The van der Waals surface area contributed by atoms with E-state index in [1.165, 1.54) is 13.5 Å². The molecule has 0 heterocycles. The lowest BCUT2D eigenvalue weighted by molar-refractivity contribution is -0.136. The average molecular weight is 178 g/mol. The van der Waals surface area contributed by atoms with E-state index >= 15 is 0 Å². The van der Waals surface area contributed by atoms with Crippen molar-refractivity contribution >= 4 is 5.97 Å². The van der Waals surface area contributed by atoms with E-state index in [0.29, 0.717) is 23.3 Å². The number of carbonyl (C=O) groups is 1. The lowest BCUT2D eigenvalue weighted by Gasteiger charge is -2.18. The van der Waals surface area contributed by atoms with E-state index in [9.17, 15) is 4.79 Å². The number of carbonyl (C=O) groups excluding carboxylic acids is 1. The van der Waals surface area contributed by atoms with Crippen LogP contribution in [0.3, 0.4) is 0 Å². The summed E-state index contributed by atoms with van der Waals surface area (Å²) in [7, 11) is 1.41. The zero-order valence-corrected chi connectivity index (χ0v) is 7.82. The molecule has 13 heavy (non-hydrogen) atoms. The van der Waals surface area contributed by atoms with Gasteiger partial charge in [0.25, 0.3) is 0 Å². The highest BCUT2D eigenvalue weighted by atomic mass is 16.5. The topological polar surface area (TPSA) is 26.3 Å². The van der Waals surface area contributed by atoms with Gasteiger partial charge in [-0.3, -0.25) is 0 Å². The summed E-state index contributed by atoms with van der Waals surface area (Å²) in [5.41, 5.74) is 0.652. The summed E-state index contributed by atoms with van der Waals surface area (Å²) >= 11 is 0. The van der Waals surface area contributed by atoms with E-state index in [1.807, 2.05) is 0 Å². The van der Waals surface area contributed by atoms with E-state index in [2.05, 4.69) is 23.5 Å². The molecule has 2 bridgehead atoms. The first-order valence-electron chi connectivity index (χ1n) is 4.68. The third-order valence-electron chi connectivity index (χ3n) is 3.17. The van der Waals surface area contributed by atoms with Crippen molar-refractivity contribution in [2.75, 3.05) is 7.11 Å². The Morgan fingerprint density at radius 2 is 2.23 bits per heavy atom. The molecule has 0 aromatic heterocycles. The minimum atomic E-state index is -0.244. The summed E-state index contributed by atoms with van der Waals surface area (Å²) in [5.74, 6) is 1.31. The van der Waals surface area contributed by atoms with Crippen molar-refractivity contribution in [2.24, 2.45) is 17.8 Å². The predicted octanol–water partition coefficient (Wildman–Crippen LogP) is 1.93. The molecule has 0 aromatic carbocycles. The quantitative estimate of drug-likeness (QED) is 0.367. The third kappa shape index (κ3) is 1.30. The lowest BCUT2D eigenvalue weighted by Crippen LogP contribution is -2.17. The standard InChI is InChI=1S/C11H14O2/c1-7(11(12)13-2)10-6-8-3-4-9(10)5-8/h3-4,8-10H,1,5-6H2,2H3/t8-,9+,10-/m1/s1. The first-order chi connectivity index (χ1) is 6.22. The number of rotatable bonds is 2. The Bertz CT molecular complexity index is 278. The predicted molar refractivity (Wildman–Crippen MR) is 50.0 cm³/mol. The van der Waals surface area contributed by atoms with Crippen LogP contribution in [0.1, 0.15) is 12.8 Å². The summed E-state index contributed by atoms with van der Waals surface area (Å²) in [4.78, 5) is 11.2. The van der Waals surface area contributed by atoms with Gasteiger partial charge < -0.3 is 4.74 Å². The van der Waals surface area contributed by atoms with Crippen molar-refractivity contribution in [2.45, 2.75) is 12.8 Å². The van der Waals surface area contributed by atoms with Crippen LogP contribution in [-0.2, 0) is 9.53 Å². The van der Waals surface area contributed by atoms with Gasteiger partial charge in [0.2, 0.25) is 0 Å². The number of fused-ring (bicyclic) bond motifs is 2. The van der Waals surface area contributed by atoms with Gasteiger partial charge in [0.15, 0.2) is 0 Å². The number of hydrogen-bond acceptors (Lipinski definition) is 2. The van der Waals surface area contributed by atoms with Gasteiger partial charge in [-0.05, 0) is 30.6 Å². The second kappa shape index (κ2) is 3.02. The van der Waals surface area contributed by atoms with Crippen molar-refractivity contribution in [3.05, 3.63) is 24.3 Å². The van der Waals surface area contributed by atoms with Crippen LogP contribution in [0.4, 0.5) is 0 Å². The van der Waals surface area contributed by atoms with Crippen LogP contribution in [0.2, 0.25) is 0 Å². The number of esters is 1. The van der Waals surface area contributed by atoms with Gasteiger partial charge in [-0.1, -0.05) is 18.7 Å². The molecule has 0 aromatic rings. The van der Waals surface area contributed by atoms with Gasteiger partial charge in [-0.2, -0.15) is 0 Å². The molecule has 1 saturated carbocycles. The van der Waals surface area contributed by atoms with Crippen LogP contribution >= 0.6 is 0 Å². The van der Waals surface area contributed by atoms with Gasteiger partial charge in [-0.25, -0.2) is 4.79 Å². The molecule has 70 valence electrons. The Labute approximate surface area is 78.3 Å². The maximum absolute atomic E-state index is 11.2. The number of hydrogen-bond donors (Lipinski definition) is 0. The summed E-state index contributed by atoms with van der Waals surface area (Å²) < 4.78 is 4.67. The zero-order chi connectivity index (χ0) is 9.42. The zero-order valence-electron chi connectivity index (χ0n) is 7.82. The Hall–Kier alpha value is -1.05. The minimum absolute atomic E-state index is 0.244. The van der Waals surface area contributed by atoms with Crippen molar-refractivity contribution in [3.8, 4) is 0 Å². The fraction of sp³-hybridized carbons (Fsp3) is 0.545. The van der Waals surface area contributed by atoms with Gasteiger partial charge in [-0.15, -0.1) is 0 Å². The summed E-state index contributed by atoms with van der Waals surface area (Å²) in [6, 6.07) is 0. The minimum Gasteiger partial charge on any atom is -0.466 e. The monoisotopic (exact) mass is 178 g/mol. The molecule has 2 rings (SSSR count). The fourth-order valence-electron chi connectivity index (χ4n) is 2.46. The fourth-order valence-corrected chi connectivity index (χ4v) is 2.46. The highest BCUT2D eigenvalue weighted by molar-refractivity contribution is 5.88. The molecule has 1 fully saturated rings. The molecule has 2 aliphatic carbocycles. The van der Waals surface area contributed by atoms with Gasteiger partial charge in [0.05, 0.1) is 7.11 Å². The van der Waals surface area contributed by atoms with Crippen LogP contribution in [0, 0.1) is 17.8 Å². The maximum atomic E-state index is 11.2. The van der Waals surface area contributed by atoms with E-state index < -0.39 is 0 Å². The summed E-state index contributed by atoms with van der Waals surface area (Å²) in [5, 5.41) is 0. The summed E-state index contributed by atoms with van der Waals surface area (Å²) in [6.07, 6.45) is 6.74. The van der Waals surface area contributed by atoms with E-state index in [0.717, 1.165) is 6.42 Å². The normalized spacial score (nSPS) is 35.0. The number of allylic oxidation sites excluding steroid dienone is 2. The van der Waals surface area contributed by atoms with E-state index in [4.69, 9.17) is 0 Å². The maximum Gasteiger partial charge on any atom is 0.333 e. The Morgan fingerprint density at radius 3 is 2.69 bits per heavy atom. The molecule has 2 heteroatoms. The molecular formula is C11H14O2. The molecule has 0 unspecified atom stereocenters. The Morgan fingerprint density at radius 1 is 1.46 bits per heavy atom. The molecule has 2 aliphatic rings. The second-order valence-electron chi connectivity index (χ2n) is 3.90. The van der Waals surface area contributed by atoms with Crippen molar-refractivity contribution < 1.29 is 9.53 Å². The molecular weight excluding hydrogens is 164 g/mol. The van der Waals surface area contributed by atoms with Crippen LogP contribution in [0.15, 0.2) is 24.3 Å². The van der Waals surface area contributed by atoms with Gasteiger partial charge in [0.1, 0.15) is 0 Å². The van der Waals surface area contributed by atoms with Crippen molar-refractivity contribution in [3.63, 3.8) is 0 Å². The summed E-state index contributed by atoms with van der Waals surface area (Å²) in [6.45, 7) is 3.82. The smallest absolute Gasteiger partial charge is 0.333 e. The first kappa shape index (κ1) is 8.54. The molecule has 0 radical (unpaired) electrons. The molecule has 0 amide bonds. The van der Waals surface area contributed by atoms with Gasteiger partial charge >= 0.3 is 5.97 Å². The molecule has 0 saturated heterocycles. The third-order valence-corrected chi connectivity index (χ3v) is 3.17. The molecule has 0 N–H and O–H groups in total. The van der Waals surface area contributed by atoms with Crippen molar-refractivity contribution in [1.29, 1.82) is 0 Å². The van der Waals surface area contributed by atoms with E-state index in [1.54, 1.807) is 0 Å². The second-order valence-corrected chi connectivity index (χ2v) is 3.90. The molecule has 3 atom stereocenters. The van der Waals surface area contributed by atoms with Crippen LogP contribution in [-0.4, -0.2) is 13.1 Å². The SMILES string of the molecule is C=C(C(=O)OC)[C@H]1C[C@@H]2C=C[C@H]1C2. The molecule has 0 aliphatic heterocycles. The number of ether oxygens (including phenoxy) is 1. The largest absolute Gasteiger partial charge is 0.466 e. The Balaban J connectivity index is 2.07. The molecule has 0 spiro atoms. The van der Waals surface area contributed by atoms with Crippen molar-refractivity contribution in [1.82, 2.24) is 0 Å². The first-order valence-corrected chi connectivity index (χ1v) is 4.68.